The molecule has 0 bridgehead atoms. The van der Waals surface area contributed by atoms with Crippen LogP contribution in [0.4, 0.5) is 0 Å². The molecule has 210 valence electrons. The van der Waals surface area contributed by atoms with Crippen LogP contribution in [0.25, 0.3) is 88.1 Å². The minimum absolute atomic E-state index is 0.892. The van der Waals surface area contributed by atoms with Gasteiger partial charge in [-0.15, -0.1) is 0 Å². The SMILES string of the molecule is c1cc(-c2ccc(-n3c4ccccc4c4ccccc43)cc2)c2c(c1)oc1ccc(-n3c4ccccc4c4ccccc43)cc12. The maximum atomic E-state index is 6.43. The highest BCUT2D eigenvalue weighted by Gasteiger charge is 2.17. The first-order chi connectivity index (χ1) is 22.3. The molecule has 3 heteroatoms. The van der Waals surface area contributed by atoms with Gasteiger partial charge in [0.15, 0.2) is 0 Å². The molecule has 3 nitrogen and oxygen atoms in total. The summed E-state index contributed by atoms with van der Waals surface area (Å²) in [4.78, 5) is 0. The highest BCUT2D eigenvalue weighted by Crippen LogP contribution is 2.40. The Kier molecular flexibility index (Phi) is 5.00. The van der Waals surface area contributed by atoms with Crippen LogP contribution < -0.4 is 0 Å². The van der Waals surface area contributed by atoms with E-state index in [1.807, 2.05) is 0 Å². The second-order valence-electron chi connectivity index (χ2n) is 11.7. The summed E-state index contributed by atoms with van der Waals surface area (Å²) < 4.78 is 11.2. The zero-order valence-electron chi connectivity index (χ0n) is 24.3. The highest BCUT2D eigenvalue weighted by atomic mass is 16.3. The van der Waals surface area contributed by atoms with Crippen LogP contribution in [0.1, 0.15) is 0 Å². The van der Waals surface area contributed by atoms with Crippen LogP contribution in [0.2, 0.25) is 0 Å². The predicted octanol–water partition coefficient (Wildman–Crippen LogP) is 11.4. The van der Waals surface area contributed by atoms with Crippen LogP contribution in [0.5, 0.6) is 0 Å². The summed E-state index contributed by atoms with van der Waals surface area (Å²) in [6.07, 6.45) is 0. The maximum Gasteiger partial charge on any atom is 0.136 e. The fourth-order valence-electron chi connectivity index (χ4n) is 7.39. The second-order valence-corrected chi connectivity index (χ2v) is 11.7. The Bertz CT molecular complexity index is 2650. The van der Waals surface area contributed by atoms with Gasteiger partial charge < -0.3 is 13.6 Å². The molecule has 0 aliphatic rings. The van der Waals surface area contributed by atoms with Crippen molar-refractivity contribution in [2.24, 2.45) is 0 Å². The normalized spacial score (nSPS) is 12.0. The van der Waals surface area contributed by atoms with Gasteiger partial charge in [-0.3, -0.25) is 0 Å². The lowest BCUT2D eigenvalue weighted by Crippen LogP contribution is -1.94. The van der Waals surface area contributed by atoms with Gasteiger partial charge in [-0.25, -0.2) is 0 Å². The van der Waals surface area contributed by atoms with Crippen molar-refractivity contribution in [2.45, 2.75) is 0 Å². The molecule has 0 radical (unpaired) electrons. The fourth-order valence-corrected chi connectivity index (χ4v) is 7.39. The van der Waals surface area contributed by atoms with E-state index in [9.17, 15) is 0 Å². The van der Waals surface area contributed by atoms with Gasteiger partial charge >= 0.3 is 0 Å². The lowest BCUT2D eigenvalue weighted by molar-refractivity contribution is 0.669. The van der Waals surface area contributed by atoms with Crippen LogP contribution in [0.3, 0.4) is 0 Å². The van der Waals surface area contributed by atoms with E-state index in [2.05, 4.69) is 167 Å². The molecule has 0 atom stereocenters. The van der Waals surface area contributed by atoms with Crippen molar-refractivity contribution < 1.29 is 4.42 Å². The number of aromatic nitrogens is 2. The third kappa shape index (κ3) is 3.46. The van der Waals surface area contributed by atoms with Crippen molar-refractivity contribution in [2.75, 3.05) is 0 Å². The minimum Gasteiger partial charge on any atom is -0.456 e. The van der Waals surface area contributed by atoms with E-state index in [-0.39, 0.29) is 0 Å². The van der Waals surface area contributed by atoms with E-state index in [4.69, 9.17) is 4.42 Å². The lowest BCUT2D eigenvalue weighted by Gasteiger charge is -2.10. The van der Waals surface area contributed by atoms with Crippen LogP contribution in [-0.4, -0.2) is 9.13 Å². The quantitative estimate of drug-likeness (QED) is 0.206. The Hall–Kier alpha value is -6.06. The number of rotatable bonds is 3. The number of benzene rings is 7. The minimum atomic E-state index is 0.892. The molecule has 3 heterocycles. The van der Waals surface area contributed by atoms with Crippen LogP contribution in [0, 0.1) is 0 Å². The molecule has 3 aromatic heterocycles. The Labute approximate surface area is 258 Å². The summed E-state index contributed by atoms with van der Waals surface area (Å²) in [5, 5.41) is 7.31. The summed E-state index contributed by atoms with van der Waals surface area (Å²) in [6, 6.07) is 56.5. The van der Waals surface area contributed by atoms with Gasteiger partial charge in [0.05, 0.1) is 22.1 Å². The summed E-state index contributed by atoms with van der Waals surface area (Å²) in [7, 11) is 0. The lowest BCUT2D eigenvalue weighted by atomic mass is 9.99. The zero-order valence-corrected chi connectivity index (χ0v) is 24.3. The van der Waals surface area contributed by atoms with Gasteiger partial charge in [-0.05, 0) is 71.8 Å². The molecule has 0 fully saturated rings. The van der Waals surface area contributed by atoms with Crippen molar-refractivity contribution in [3.63, 3.8) is 0 Å². The van der Waals surface area contributed by atoms with E-state index in [1.165, 1.54) is 49.2 Å². The van der Waals surface area contributed by atoms with Crippen molar-refractivity contribution in [1.29, 1.82) is 0 Å². The maximum absolute atomic E-state index is 6.43. The molecular weight excluding hydrogens is 548 g/mol. The molecule has 0 saturated heterocycles. The third-order valence-corrected chi connectivity index (χ3v) is 9.33. The Morgan fingerprint density at radius 2 is 0.844 bits per heavy atom. The smallest absolute Gasteiger partial charge is 0.136 e. The molecule has 10 rings (SSSR count). The molecule has 45 heavy (non-hydrogen) atoms. The molecule has 0 unspecified atom stereocenters. The fraction of sp³-hybridized carbons (Fsp3) is 0. The zero-order chi connectivity index (χ0) is 29.5. The highest BCUT2D eigenvalue weighted by molar-refractivity contribution is 6.14. The number of nitrogens with zero attached hydrogens (tertiary/aromatic N) is 2. The Morgan fingerprint density at radius 1 is 0.356 bits per heavy atom. The molecule has 0 N–H and O–H groups in total. The summed E-state index contributed by atoms with van der Waals surface area (Å²) in [5.41, 5.74) is 11.2. The van der Waals surface area contributed by atoms with Crippen molar-refractivity contribution in [3.05, 3.63) is 158 Å². The van der Waals surface area contributed by atoms with Crippen molar-refractivity contribution >= 4 is 65.6 Å². The van der Waals surface area contributed by atoms with Crippen molar-refractivity contribution in [1.82, 2.24) is 9.13 Å². The number of hydrogen-bond donors (Lipinski definition) is 0. The van der Waals surface area contributed by atoms with Gasteiger partial charge in [-0.2, -0.15) is 0 Å². The second kappa shape index (κ2) is 9.22. The topological polar surface area (TPSA) is 23.0 Å². The first-order valence-electron chi connectivity index (χ1n) is 15.4. The first-order valence-corrected chi connectivity index (χ1v) is 15.4. The standard InChI is InChI=1S/C42H26N2O/c1-5-15-36-31(10-1)32-11-2-6-16-37(32)43(36)28-22-20-27(21-23-28)30-14-9-19-41-42(30)35-26-29(24-25-40(35)45-41)44-38-17-7-3-12-33(38)34-13-4-8-18-39(34)44/h1-26H. The number of para-hydroxylation sites is 4. The first kappa shape index (κ1) is 24.4. The Morgan fingerprint density at radius 3 is 1.40 bits per heavy atom. The molecule has 10 aromatic rings. The molecule has 0 saturated carbocycles. The van der Waals surface area contributed by atoms with Gasteiger partial charge in [0, 0.05) is 43.7 Å². The predicted molar refractivity (Wildman–Crippen MR) is 188 cm³/mol. The molecule has 0 spiro atoms. The largest absolute Gasteiger partial charge is 0.456 e. The number of hydrogen-bond acceptors (Lipinski definition) is 1. The van der Waals surface area contributed by atoms with E-state index < -0.39 is 0 Å². The van der Waals surface area contributed by atoms with Crippen LogP contribution in [0.15, 0.2) is 162 Å². The number of fused-ring (bicyclic) bond motifs is 9. The van der Waals surface area contributed by atoms with Crippen LogP contribution >= 0.6 is 0 Å². The molecule has 0 aliphatic heterocycles. The molecule has 7 aromatic carbocycles. The van der Waals surface area contributed by atoms with Gasteiger partial charge in [0.2, 0.25) is 0 Å². The van der Waals surface area contributed by atoms with Gasteiger partial charge in [-0.1, -0.05) is 97.1 Å². The van der Waals surface area contributed by atoms with E-state index in [1.54, 1.807) is 0 Å². The summed E-state index contributed by atoms with van der Waals surface area (Å²) >= 11 is 0. The number of furan rings is 1. The summed E-state index contributed by atoms with van der Waals surface area (Å²) in [6.45, 7) is 0. The van der Waals surface area contributed by atoms with E-state index in [0.717, 1.165) is 38.9 Å². The molecule has 0 aliphatic carbocycles. The molecule has 0 amide bonds. The van der Waals surface area contributed by atoms with E-state index in [0.29, 0.717) is 0 Å². The monoisotopic (exact) mass is 574 g/mol. The average molecular weight is 575 g/mol. The van der Waals surface area contributed by atoms with Crippen molar-refractivity contribution in [3.8, 4) is 22.5 Å². The average Bonchev–Trinajstić information content (AvgIpc) is 3.76. The summed E-state index contributed by atoms with van der Waals surface area (Å²) in [5.74, 6) is 0. The molecular formula is C42H26N2O. The third-order valence-electron chi connectivity index (χ3n) is 9.33. The Balaban J connectivity index is 1.16. The van der Waals surface area contributed by atoms with Crippen LogP contribution in [-0.2, 0) is 0 Å². The van der Waals surface area contributed by atoms with Gasteiger partial charge in [0.25, 0.3) is 0 Å². The van der Waals surface area contributed by atoms with Gasteiger partial charge in [0.1, 0.15) is 11.2 Å². The van der Waals surface area contributed by atoms with E-state index >= 15 is 0 Å².